The predicted octanol–water partition coefficient (Wildman–Crippen LogP) is 1.85. The lowest BCUT2D eigenvalue weighted by Gasteiger charge is -2.27. The van der Waals surface area contributed by atoms with Crippen molar-refractivity contribution in [1.82, 2.24) is 30.4 Å². The zero-order valence-corrected chi connectivity index (χ0v) is 13.0. The summed E-state index contributed by atoms with van der Waals surface area (Å²) >= 11 is 0. The molecule has 3 aromatic heterocycles. The highest BCUT2D eigenvalue weighted by molar-refractivity contribution is 5.73. The summed E-state index contributed by atoms with van der Waals surface area (Å²) in [4.78, 5) is 12.4. The Balaban J connectivity index is 1.85. The van der Waals surface area contributed by atoms with Gasteiger partial charge in [0.15, 0.2) is 5.76 Å². The van der Waals surface area contributed by atoms with Crippen molar-refractivity contribution in [3.63, 3.8) is 0 Å². The fourth-order valence-electron chi connectivity index (χ4n) is 3.12. The summed E-state index contributed by atoms with van der Waals surface area (Å²) in [5, 5.41) is 21.0. The summed E-state index contributed by atoms with van der Waals surface area (Å²) in [6.07, 6.45) is 1.50. The van der Waals surface area contributed by atoms with Gasteiger partial charge in [0, 0.05) is 5.56 Å². The molecule has 0 saturated carbocycles. The van der Waals surface area contributed by atoms with Gasteiger partial charge in [-0.05, 0) is 40.3 Å². The maximum atomic E-state index is 13.9. The van der Waals surface area contributed by atoms with Crippen molar-refractivity contribution in [1.29, 1.82) is 0 Å². The third-order valence-corrected chi connectivity index (χ3v) is 4.19. The van der Waals surface area contributed by atoms with Gasteiger partial charge in [-0.2, -0.15) is 9.78 Å². The van der Waals surface area contributed by atoms with Crippen LogP contribution in [-0.4, -0.2) is 30.4 Å². The molecule has 5 rings (SSSR count). The number of furan rings is 1. The van der Waals surface area contributed by atoms with Gasteiger partial charge in [0.2, 0.25) is 5.95 Å². The molecule has 0 amide bonds. The largest absolute Gasteiger partial charge is 0.463 e. The number of aromatic nitrogens is 6. The average molecular weight is 351 g/mol. The molecule has 128 valence electrons. The van der Waals surface area contributed by atoms with Crippen LogP contribution >= 0.6 is 0 Å². The highest BCUT2D eigenvalue weighted by Crippen LogP contribution is 2.41. The Kier molecular flexibility index (Phi) is 2.98. The number of aromatic amines is 1. The first-order valence-corrected chi connectivity index (χ1v) is 7.69. The molecular weight excluding hydrogens is 341 g/mol. The summed E-state index contributed by atoms with van der Waals surface area (Å²) in [5.41, 5.74) is 1.28. The Bertz CT molecular complexity index is 1170. The van der Waals surface area contributed by atoms with Crippen molar-refractivity contribution in [2.75, 3.05) is 5.32 Å². The molecule has 9 nitrogen and oxygen atoms in total. The highest BCUT2D eigenvalue weighted by Gasteiger charge is 2.35. The molecule has 26 heavy (non-hydrogen) atoms. The van der Waals surface area contributed by atoms with E-state index in [0.717, 1.165) is 0 Å². The van der Waals surface area contributed by atoms with Crippen LogP contribution in [0.25, 0.3) is 11.5 Å². The van der Waals surface area contributed by atoms with Gasteiger partial charge >= 0.3 is 0 Å². The van der Waals surface area contributed by atoms with Crippen molar-refractivity contribution in [2.24, 2.45) is 0 Å². The van der Waals surface area contributed by atoms with Gasteiger partial charge in [0.05, 0.1) is 6.26 Å². The van der Waals surface area contributed by atoms with Crippen LogP contribution in [0.1, 0.15) is 17.2 Å². The van der Waals surface area contributed by atoms with E-state index in [1.807, 2.05) is 0 Å². The first-order valence-electron chi connectivity index (χ1n) is 7.69. The molecule has 1 aliphatic rings. The van der Waals surface area contributed by atoms with E-state index < -0.39 is 17.4 Å². The topological polar surface area (TPSA) is 115 Å². The molecule has 0 radical (unpaired) electrons. The van der Waals surface area contributed by atoms with Crippen LogP contribution in [-0.2, 0) is 0 Å². The minimum Gasteiger partial charge on any atom is -0.463 e. The molecule has 0 spiro atoms. The maximum absolute atomic E-state index is 13.9. The fourth-order valence-corrected chi connectivity index (χ4v) is 3.12. The Morgan fingerprint density at radius 1 is 1.23 bits per heavy atom. The minimum absolute atomic E-state index is 0.239. The van der Waals surface area contributed by atoms with E-state index in [0.29, 0.717) is 22.6 Å². The second-order valence-corrected chi connectivity index (χ2v) is 5.70. The molecule has 0 bridgehead atoms. The summed E-state index contributed by atoms with van der Waals surface area (Å²) in [6.45, 7) is 0. The minimum atomic E-state index is -0.651. The Hall–Kier alpha value is -3.82. The van der Waals surface area contributed by atoms with E-state index in [1.54, 1.807) is 24.3 Å². The molecule has 0 saturated heterocycles. The van der Waals surface area contributed by atoms with Crippen LogP contribution < -0.4 is 10.9 Å². The Labute approximate surface area is 144 Å². The third-order valence-electron chi connectivity index (χ3n) is 4.19. The zero-order chi connectivity index (χ0) is 17.7. The van der Waals surface area contributed by atoms with Crippen LogP contribution in [0.2, 0.25) is 0 Å². The number of hydrogen-bond donors (Lipinski definition) is 2. The lowest BCUT2D eigenvalue weighted by molar-refractivity contribution is 0.550. The number of nitrogens with one attached hydrogen (secondary N) is 2. The van der Waals surface area contributed by atoms with Gasteiger partial charge in [-0.25, -0.2) is 9.49 Å². The smallest absolute Gasteiger partial charge is 0.288 e. The van der Waals surface area contributed by atoms with Crippen LogP contribution in [0.3, 0.4) is 0 Å². The van der Waals surface area contributed by atoms with E-state index in [-0.39, 0.29) is 11.6 Å². The standard InChI is InChI=1S/C16H10FN7O2/c17-9-4-1-3-8(7-9)14-11-12(10-5-2-6-26-10)19-20-15(25)13(11)18-16-21-22-23-24(14)16/h1-7,14H,(H,20,25)(H,18,21,23). The van der Waals surface area contributed by atoms with Crippen molar-refractivity contribution < 1.29 is 8.81 Å². The van der Waals surface area contributed by atoms with Gasteiger partial charge in [0.1, 0.15) is 23.2 Å². The first-order chi connectivity index (χ1) is 12.7. The van der Waals surface area contributed by atoms with E-state index in [2.05, 4.69) is 31.0 Å². The number of rotatable bonds is 2. The number of H-pyrrole nitrogens is 1. The number of tetrazole rings is 1. The lowest BCUT2D eigenvalue weighted by Crippen LogP contribution is -2.29. The second kappa shape index (κ2) is 5.34. The molecule has 1 aliphatic heterocycles. The quantitative estimate of drug-likeness (QED) is 0.499. The van der Waals surface area contributed by atoms with Gasteiger partial charge in [-0.3, -0.25) is 4.79 Å². The van der Waals surface area contributed by atoms with E-state index in [1.165, 1.54) is 23.1 Å². The van der Waals surface area contributed by atoms with Crippen molar-refractivity contribution in [2.45, 2.75) is 6.04 Å². The van der Waals surface area contributed by atoms with Gasteiger partial charge in [-0.15, -0.1) is 0 Å². The number of nitrogens with zero attached hydrogens (tertiary/aromatic N) is 5. The van der Waals surface area contributed by atoms with Crippen molar-refractivity contribution in [3.8, 4) is 11.5 Å². The van der Waals surface area contributed by atoms with E-state index >= 15 is 0 Å². The zero-order valence-electron chi connectivity index (χ0n) is 13.0. The fraction of sp³-hybridized carbons (Fsp3) is 0.0625. The number of benzene rings is 1. The maximum Gasteiger partial charge on any atom is 0.288 e. The summed E-state index contributed by atoms with van der Waals surface area (Å²) < 4.78 is 20.8. The van der Waals surface area contributed by atoms with Crippen LogP contribution in [0, 0.1) is 5.82 Å². The molecule has 1 atom stereocenters. The summed E-state index contributed by atoms with van der Waals surface area (Å²) in [5.74, 6) is 0.320. The van der Waals surface area contributed by atoms with Crippen molar-refractivity contribution in [3.05, 3.63) is 70.0 Å². The van der Waals surface area contributed by atoms with Crippen molar-refractivity contribution >= 4 is 11.6 Å². The molecule has 0 aliphatic carbocycles. The van der Waals surface area contributed by atoms with Gasteiger partial charge < -0.3 is 9.73 Å². The molecule has 1 aromatic carbocycles. The number of anilines is 2. The van der Waals surface area contributed by atoms with Gasteiger partial charge in [-0.1, -0.05) is 17.2 Å². The SMILES string of the molecule is O=c1[nH]nc(-c2ccco2)c2c1Nc1nnnn1C2c1cccc(F)c1. The Morgan fingerprint density at radius 2 is 2.15 bits per heavy atom. The number of hydrogen-bond acceptors (Lipinski definition) is 7. The molecule has 10 heteroatoms. The number of halogens is 1. The third kappa shape index (κ3) is 2.05. The van der Waals surface area contributed by atoms with E-state index in [9.17, 15) is 9.18 Å². The first kappa shape index (κ1) is 14.5. The van der Waals surface area contributed by atoms with Gasteiger partial charge in [0.25, 0.3) is 5.56 Å². The molecule has 0 fully saturated rings. The molecule has 1 unspecified atom stereocenters. The summed E-state index contributed by atoms with van der Waals surface area (Å²) in [6, 6.07) is 8.82. The monoisotopic (exact) mass is 351 g/mol. The van der Waals surface area contributed by atoms with Crippen LogP contribution in [0.15, 0.2) is 51.9 Å². The predicted molar refractivity (Wildman–Crippen MR) is 87.3 cm³/mol. The average Bonchev–Trinajstić information content (AvgIpc) is 3.32. The number of fused-ring (bicyclic) bond motifs is 2. The lowest BCUT2D eigenvalue weighted by atomic mass is 9.94. The van der Waals surface area contributed by atoms with Crippen LogP contribution in [0.4, 0.5) is 16.0 Å². The summed E-state index contributed by atoms with van der Waals surface area (Å²) in [7, 11) is 0. The molecular formula is C16H10FN7O2. The van der Waals surface area contributed by atoms with E-state index in [4.69, 9.17) is 4.42 Å². The molecule has 2 N–H and O–H groups in total. The second-order valence-electron chi connectivity index (χ2n) is 5.70. The molecule has 4 heterocycles. The molecule has 4 aromatic rings. The van der Waals surface area contributed by atoms with Crippen LogP contribution in [0.5, 0.6) is 0 Å². The highest BCUT2D eigenvalue weighted by atomic mass is 19.1. The normalized spacial score (nSPS) is 15.2. The Morgan fingerprint density at radius 3 is 2.96 bits per heavy atom.